The molecule has 0 N–H and O–H groups in total. The number of aldehydes is 1. The van der Waals surface area contributed by atoms with Crippen molar-refractivity contribution in [1.82, 2.24) is 0 Å². The largest absolute Gasteiger partial charge is 0.471 e. The Morgan fingerprint density at radius 3 is 2.00 bits per heavy atom. The molecule has 0 radical (unpaired) electrons. The molecule has 1 saturated heterocycles. The van der Waals surface area contributed by atoms with Gasteiger partial charge in [0.2, 0.25) is 12.6 Å². The van der Waals surface area contributed by atoms with Crippen molar-refractivity contribution in [2.24, 2.45) is 11.8 Å². The summed E-state index contributed by atoms with van der Waals surface area (Å²) < 4.78 is 43.4. The van der Waals surface area contributed by atoms with Crippen molar-refractivity contribution >= 4 is 36.1 Å². The number of ether oxygens (including phenoxy) is 8. The third-order valence-corrected chi connectivity index (χ3v) is 5.77. The number of hydrogen-bond donors (Lipinski definition) is 0. The highest BCUT2D eigenvalue weighted by Gasteiger charge is 2.54. The first-order chi connectivity index (χ1) is 18.4. The monoisotopic (exact) mass is 556 g/mol. The van der Waals surface area contributed by atoms with E-state index < -0.39 is 85.3 Å². The topological polar surface area (TPSA) is 176 Å². The third-order valence-electron chi connectivity index (χ3n) is 5.77. The molecule has 2 heterocycles. The van der Waals surface area contributed by atoms with E-state index >= 15 is 0 Å². The van der Waals surface area contributed by atoms with Crippen molar-refractivity contribution in [2.45, 2.75) is 71.1 Å². The molecule has 1 fully saturated rings. The summed E-state index contributed by atoms with van der Waals surface area (Å²) in [5, 5.41) is 0. The fraction of sp³-hybridized carbons (Fsp3) is 0.600. The van der Waals surface area contributed by atoms with Crippen LogP contribution in [-0.2, 0) is 66.7 Å². The maximum atomic E-state index is 12.2. The first-order valence-corrected chi connectivity index (χ1v) is 11.9. The van der Waals surface area contributed by atoms with Crippen LogP contribution in [0.25, 0.3) is 0 Å². The van der Waals surface area contributed by atoms with Gasteiger partial charge in [-0.25, -0.2) is 4.79 Å². The smallest absolute Gasteiger partial charge is 0.337 e. The van der Waals surface area contributed by atoms with E-state index in [0.717, 1.165) is 34.0 Å². The molecule has 0 bridgehead atoms. The normalized spacial score (nSPS) is 29.9. The minimum Gasteiger partial charge on any atom is -0.471 e. The summed E-state index contributed by atoms with van der Waals surface area (Å²) in [5.41, 5.74) is 0.0656. The van der Waals surface area contributed by atoms with Gasteiger partial charge in [-0.1, -0.05) is 6.08 Å². The predicted octanol–water partition coefficient (Wildman–Crippen LogP) is 0.507. The summed E-state index contributed by atoms with van der Waals surface area (Å²) in [6.07, 6.45) is -5.36. The molecule has 2 unspecified atom stereocenters. The molecule has 216 valence electrons. The Labute approximate surface area is 224 Å². The van der Waals surface area contributed by atoms with E-state index in [1.54, 1.807) is 0 Å². The van der Waals surface area contributed by atoms with Crippen LogP contribution in [0.5, 0.6) is 0 Å². The van der Waals surface area contributed by atoms with E-state index in [1.807, 2.05) is 0 Å². The molecule has 0 aromatic carbocycles. The molecule has 2 aliphatic heterocycles. The molecule has 0 aromatic heterocycles. The lowest BCUT2D eigenvalue weighted by Gasteiger charge is -2.45. The molecule has 8 atom stereocenters. The number of carbonyl (C=O) groups excluding carboxylic acids is 6. The van der Waals surface area contributed by atoms with Crippen molar-refractivity contribution in [3.63, 3.8) is 0 Å². The molecule has 39 heavy (non-hydrogen) atoms. The lowest BCUT2D eigenvalue weighted by Crippen LogP contribution is -2.63. The average Bonchev–Trinajstić information content (AvgIpc) is 2.85. The van der Waals surface area contributed by atoms with Gasteiger partial charge in [-0.3, -0.25) is 19.2 Å². The second-order valence-electron chi connectivity index (χ2n) is 8.59. The SMILES string of the molecule is C=CC1C(CC=O)C(C(=O)OC)=CO[C@H]1O[C@@H]1O[C@H](COC(C)=O)[C@@H](OC(C)=O)[C@@H](OC(C)=O)[C@H]1OC(C)=O. The van der Waals surface area contributed by atoms with Crippen LogP contribution >= 0.6 is 0 Å². The van der Waals surface area contributed by atoms with Crippen LogP contribution in [0.1, 0.15) is 34.1 Å². The van der Waals surface area contributed by atoms with Gasteiger partial charge in [-0.15, -0.1) is 6.58 Å². The lowest BCUT2D eigenvalue weighted by atomic mass is 9.82. The van der Waals surface area contributed by atoms with E-state index in [-0.39, 0.29) is 12.0 Å². The summed E-state index contributed by atoms with van der Waals surface area (Å²) in [5.74, 6) is -5.36. The van der Waals surface area contributed by atoms with Crippen LogP contribution in [0.3, 0.4) is 0 Å². The zero-order valence-electron chi connectivity index (χ0n) is 22.2. The molecular formula is C25H32O14. The summed E-state index contributed by atoms with van der Waals surface area (Å²) >= 11 is 0. The van der Waals surface area contributed by atoms with Crippen molar-refractivity contribution in [3.05, 3.63) is 24.5 Å². The Morgan fingerprint density at radius 1 is 0.897 bits per heavy atom. The molecule has 14 heteroatoms. The number of esters is 5. The Balaban J connectivity index is 2.51. The first-order valence-electron chi connectivity index (χ1n) is 11.9. The van der Waals surface area contributed by atoms with E-state index in [2.05, 4.69) is 6.58 Å². The molecule has 14 nitrogen and oxygen atoms in total. The fourth-order valence-corrected chi connectivity index (χ4v) is 4.25. The standard InChI is InChI=1S/C25H32O14/c1-7-16-17(8-9-26)18(23(31)32-6)10-34-24(16)39-25-22(37-15(5)30)21(36-14(4)29)20(35-13(3)28)19(38-25)11-33-12(2)27/h7,9-10,16-17,19-22,24-25H,1,8,11H2,2-6H3/t16?,17?,19-,20-,21-,22-,24+,25+/m1/s1. The minimum absolute atomic E-state index is 0.0656. The molecule has 0 aromatic rings. The highest BCUT2D eigenvalue weighted by atomic mass is 16.8. The Bertz CT molecular complexity index is 987. The van der Waals surface area contributed by atoms with Gasteiger partial charge in [0.15, 0.2) is 18.3 Å². The van der Waals surface area contributed by atoms with Gasteiger partial charge < -0.3 is 42.7 Å². The Kier molecular flexibility index (Phi) is 11.6. The quantitative estimate of drug-likeness (QED) is 0.149. The van der Waals surface area contributed by atoms with Gasteiger partial charge in [-0.05, 0) is 0 Å². The second-order valence-corrected chi connectivity index (χ2v) is 8.59. The number of methoxy groups -OCH3 is 1. The van der Waals surface area contributed by atoms with Gasteiger partial charge in [0, 0.05) is 46.0 Å². The van der Waals surface area contributed by atoms with Crippen molar-refractivity contribution in [3.8, 4) is 0 Å². The van der Waals surface area contributed by atoms with E-state index in [4.69, 9.17) is 37.9 Å². The van der Waals surface area contributed by atoms with Crippen LogP contribution in [0.15, 0.2) is 24.5 Å². The minimum atomic E-state index is -1.54. The van der Waals surface area contributed by atoms with Gasteiger partial charge in [-0.2, -0.15) is 0 Å². The van der Waals surface area contributed by atoms with E-state index in [1.165, 1.54) is 13.2 Å². The maximum absolute atomic E-state index is 12.2. The van der Waals surface area contributed by atoms with Crippen LogP contribution < -0.4 is 0 Å². The lowest BCUT2D eigenvalue weighted by molar-refractivity contribution is -0.342. The molecule has 2 rings (SSSR count). The van der Waals surface area contributed by atoms with Crippen molar-refractivity contribution in [1.29, 1.82) is 0 Å². The molecule has 0 saturated carbocycles. The van der Waals surface area contributed by atoms with Crippen LogP contribution in [-0.4, -0.2) is 86.8 Å². The van der Waals surface area contributed by atoms with Crippen LogP contribution in [0, 0.1) is 11.8 Å². The van der Waals surface area contributed by atoms with Crippen molar-refractivity contribution in [2.75, 3.05) is 13.7 Å². The molecule has 0 amide bonds. The molecule has 0 aliphatic carbocycles. The number of rotatable bonds is 11. The Hall–Kier alpha value is -3.78. The maximum Gasteiger partial charge on any atom is 0.337 e. The van der Waals surface area contributed by atoms with Gasteiger partial charge in [0.05, 0.1) is 18.9 Å². The van der Waals surface area contributed by atoms with Crippen LogP contribution in [0.4, 0.5) is 0 Å². The third kappa shape index (κ3) is 8.35. The molecule has 0 spiro atoms. The van der Waals surface area contributed by atoms with E-state index in [9.17, 15) is 28.8 Å². The zero-order valence-corrected chi connectivity index (χ0v) is 22.2. The van der Waals surface area contributed by atoms with Gasteiger partial charge in [0.25, 0.3) is 0 Å². The summed E-state index contributed by atoms with van der Waals surface area (Å²) in [4.78, 5) is 71.0. The summed E-state index contributed by atoms with van der Waals surface area (Å²) in [6.45, 7) is 7.71. The number of carbonyl (C=O) groups is 6. The zero-order chi connectivity index (χ0) is 29.3. The van der Waals surface area contributed by atoms with E-state index in [0.29, 0.717) is 6.29 Å². The second kappa shape index (κ2) is 14.4. The van der Waals surface area contributed by atoms with Gasteiger partial charge >= 0.3 is 29.8 Å². The fourth-order valence-electron chi connectivity index (χ4n) is 4.25. The van der Waals surface area contributed by atoms with Crippen molar-refractivity contribution < 1.29 is 66.7 Å². The summed E-state index contributed by atoms with van der Waals surface area (Å²) in [7, 11) is 1.17. The summed E-state index contributed by atoms with van der Waals surface area (Å²) in [6, 6.07) is 0. The predicted molar refractivity (Wildman–Crippen MR) is 126 cm³/mol. The van der Waals surface area contributed by atoms with Gasteiger partial charge in [0.1, 0.15) is 19.0 Å². The number of hydrogen-bond acceptors (Lipinski definition) is 14. The highest BCUT2D eigenvalue weighted by molar-refractivity contribution is 5.89. The Morgan fingerprint density at radius 2 is 1.49 bits per heavy atom. The average molecular weight is 557 g/mol. The molecular weight excluding hydrogens is 524 g/mol. The van der Waals surface area contributed by atoms with Crippen LogP contribution in [0.2, 0.25) is 0 Å². The highest BCUT2D eigenvalue weighted by Crippen LogP contribution is 2.37. The first kappa shape index (κ1) is 31.4. The molecule has 2 aliphatic rings.